The van der Waals surface area contributed by atoms with Crippen molar-refractivity contribution in [3.8, 4) is 5.75 Å². The summed E-state index contributed by atoms with van der Waals surface area (Å²) < 4.78 is 7.48. The van der Waals surface area contributed by atoms with E-state index in [2.05, 4.69) is 58.2 Å². The van der Waals surface area contributed by atoms with Crippen LogP contribution in [0.5, 0.6) is 5.75 Å². The van der Waals surface area contributed by atoms with Gasteiger partial charge in [-0.05, 0) is 57.2 Å². The zero-order chi connectivity index (χ0) is 21.3. The molecule has 0 aliphatic heterocycles. The van der Waals surface area contributed by atoms with Crippen LogP contribution in [0.2, 0.25) is 0 Å². The van der Waals surface area contributed by atoms with Crippen LogP contribution in [0, 0.1) is 6.92 Å². The molecule has 1 N–H and O–H groups in total. The summed E-state index contributed by atoms with van der Waals surface area (Å²) in [6, 6.07) is 15.8. The van der Waals surface area contributed by atoms with Crippen molar-refractivity contribution < 1.29 is 9.53 Å². The van der Waals surface area contributed by atoms with E-state index in [0.717, 1.165) is 34.7 Å². The van der Waals surface area contributed by atoms with Gasteiger partial charge < -0.3 is 14.6 Å². The minimum Gasteiger partial charge on any atom is -0.494 e. The van der Waals surface area contributed by atoms with E-state index < -0.39 is 0 Å². The predicted molar refractivity (Wildman–Crippen MR) is 123 cm³/mol. The lowest BCUT2D eigenvalue weighted by Gasteiger charge is -2.08. The first-order chi connectivity index (χ1) is 14.6. The molecule has 0 bridgehead atoms. The Labute approximate surface area is 185 Å². The molecule has 1 heterocycles. The van der Waals surface area contributed by atoms with Gasteiger partial charge in [0, 0.05) is 17.1 Å². The number of carbonyl (C=O) groups is 1. The monoisotopic (exact) mass is 442 g/mol. The summed E-state index contributed by atoms with van der Waals surface area (Å²) in [7, 11) is 0. The summed E-state index contributed by atoms with van der Waals surface area (Å²) in [5, 5.41) is 12.3. The van der Waals surface area contributed by atoms with Gasteiger partial charge in [-0.1, -0.05) is 29.5 Å². The van der Waals surface area contributed by atoms with Gasteiger partial charge in [0.25, 0.3) is 0 Å². The minimum atomic E-state index is -0.0783. The van der Waals surface area contributed by atoms with Crippen LogP contribution in [0.1, 0.15) is 25.2 Å². The van der Waals surface area contributed by atoms with Crippen LogP contribution in [0.3, 0.4) is 0 Å². The number of ether oxygens (including phenoxy) is 1. The Morgan fingerprint density at radius 1 is 1.03 bits per heavy atom. The van der Waals surface area contributed by atoms with Crippen LogP contribution >= 0.6 is 23.5 Å². The SMILES string of the molecule is CCOc1ccc(NC(=O)CSc2nnc(CSc3ccc(C)cc3)n2CC)cc1. The van der Waals surface area contributed by atoms with E-state index in [4.69, 9.17) is 4.74 Å². The maximum Gasteiger partial charge on any atom is 0.234 e. The maximum absolute atomic E-state index is 12.3. The second-order valence-corrected chi connectivity index (χ2v) is 8.53. The smallest absolute Gasteiger partial charge is 0.234 e. The molecular weight excluding hydrogens is 416 g/mol. The third-order valence-corrected chi connectivity index (χ3v) is 6.25. The van der Waals surface area contributed by atoms with Gasteiger partial charge in [0.05, 0.1) is 18.1 Å². The van der Waals surface area contributed by atoms with Gasteiger partial charge in [-0.25, -0.2) is 0 Å². The zero-order valence-electron chi connectivity index (χ0n) is 17.4. The average molecular weight is 443 g/mol. The molecule has 0 aliphatic rings. The van der Waals surface area contributed by atoms with Gasteiger partial charge >= 0.3 is 0 Å². The summed E-state index contributed by atoms with van der Waals surface area (Å²) in [5.41, 5.74) is 1.99. The number of aromatic nitrogens is 3. The van der Waals surface area contributed by atoms with Crippen LogP contribution in [-0.2, 0) is 17.1 Å². The molecule has 6 nitrogen and oxygen atoms in total. The van der Waals surface area contributed by atoms with E-state index >= 15 is 0 Å². The Kier molecular flexibility index (Phi) is 8.21. The molecule has 0 atom stereocenters. The number of nitrogens with zero attached hydrogens (tertiary/aromatic N) is 3. The number of amides is 1. The Morgan fingerprint density at radius 2 is 1.77 bits per heavy atom. The number of benzene rings is 2. The molecule has 0 saturated heterocycles. The van der Waals surface area contributed by atoms with Crippen molar-refractivity contribution >= 4 is 35.1 Å². The van der Waals surface area contributed by atoms with Crippen molar-refractivity contribution in [2.24, 2.45) is 0 Å². The summed E-state index contributed by atoms with van der Waals surface area (Å²) in [6.45, 7) is 7.46. The van der Waals surface area contributed by atoms with Gasteiger partial charge in [0.15, 0.2) is 5.16 Å². The topological polar surface area (TPSA) is 69.0 Å². The first-order valence-electron chi connectivity index (χ1n) is 9.86. The largest absolute Gasteiger partial charge is 0.494 e. The highest BCUT2D eigenvalue weighted by Gasteiger charge is 2.13. The quantitative estimate of drug-likeness (QED) is 0.444. The molecule has 0 saturated carbocycles. The van der Waals surface area contributed by atoms with Crippen molar-refractivity contribution in [2.45, 2.75) is 43.1 Å². The van der Waals surface area contributed by atoms with E-state index in [1.165, 1.54) is 22.2 Å². The van der Waals surface area contributed by atoms with E-state index in [1.54, 1.807) is 11.8 Å². The highest BCUT2D eigenvalue weighted by molar-refractivity contribution is 7.99. The Hall–Kier alpha value is -2.45. The number of anilines is 1. The number of rotatable bonds is 10. The second-order valence-electron chi connectivity index (χ2n) is 6.54. The van der Waals surface area contributed by atoms with Crippen LogP contribution in [-0.4, -0.2) is 33.0 Å². The van der Waals surface area contributed by atoms with Crippen molar-refractivity contribution in [2.75, 3.05) is 17.7 Å². The molecule has 0 spiro atoms. The molecule has 3 aromatic rings. The van der Waals surface area contributed by atoms with Gasteiger partial charge in [-0.2, -0.15) is 0 Å². The Bertz CT molecular complexity index is 956. The van der Waals surface area contributed by atoms with Crippen LogP contribution in [0.25, 0.3) is 0 Å². The fourth-order valence-corrected chi connectivity index (χ4v) is 4.42. The molecule has 158 valence electrons. The first-order valence-corrected chi connectivity index (χ1v) is 11.8. The van der Waals surface area contributed by atoms with Crippen LogP contribution in [0.15, 0.2) is 58.6 Å². The average Bonchev–Trinajstić information content (AvgIpc) is 3.15. The molecule has 0 unspecified atom stereocenters. The van der Waals surface area contributed by atoms with Crippen LogP contribution in [0.4, 0.5) is 5.69 Å². The highest BCUT2D eigenvalue weighted by atomic mass is 32.2. The molecule has 1 aromatic heterocycles. The normalized spacial score (nSPS) is 10.8. The van der Waals surface area contributed by atoms with Gasteiger partial charge in [0.1, 0.15) is 11.6 Å². The predicted octanol–water partition coefficient (Wildman–Crippen LogP) is 5.03. The molecular formula is C22H26N4O2S2. The highest BCUT2D eigenvalue weighted by Crippen LogP contribution is 2.25. The summed E-state index contributed by atoms with van der Waals surface area (Å²) >= 11 is 3.13. The number of hydrogen-bond acceptors (Lipinski definition) is 6. The molecule has 0 fully saturated rings. The first kappa shape index (κ1) is 22.2. The Balaban J connectivity index is 1.53. The molecule has 0 aliphatic carbocycles. The van der Waals surface area contributed by atoms with Gasteiger partial charge in [-0.15, -0.1) is 22.0 Å². The van der Waals surface area contributed by atoms with E-state index in [-0.39, 0.29) is 11.7 Å². The Morgan fingerprint density at radius 3 is 2.43 bits per heavy atom. The van der Waals surface area contributed by atoms with Crippen molar-refractivity contribution in [1.29, 1.82) is 0 Å². The van der Waals surface area contributed by atoms with Crippen molar-refractivity contribution in [1.82, 2.24) is 14.8 Å². The summed E-state index contributed by atoms with van der Waals surface area (Å²) in [6.07, 6.45) is 0. The zero-order valence-corrected chi connectivity index (χ0v) is 19.1. The lowest BCUT2D eigenvalue weighted by Crippen LogP contribution is -2.14. The van der Waals surface area contributed by atoms with Crippen molar-refractivity contribution in [3.05, 3.63) is 59.9 Å². The third kappa shape index (κ3) is 6.27. The standard InChI is InChI=1S/C22H26N4O2S2/c1-4-26-20(14-29-19-12-6-16(3)7-13-19)24-25-22(26)30-15-21(27)23-17-8-10-18(11-9-17)28-5-2/h6-13H,4-5,14-15H2,1-3H3,(H,23,27). The third-order valence-electron chi connectivity index (χ3n) is 4.28. The fourth-order valence-electron chi connectivity index (χ4n) is 2.76. The fraction of sp³-hybridized carbons (Fsp3) is 0.318. The number of thioether (sulfide) groups is 2. The van der Waals surface area contributed by atoms with Crippen molar-refractivity contribution in [3.63, 3.8) is 0 Å². The molecule has 0 radical (unpaired) electrons. The van der Waals surface area contributed by atoms with E-state index in [9.17, 15) is 4.79 Å². The lowest BCUT2D eigenvalue weighted by atomic mass is 10.2. The molecule has 30 heavy (non-hydrogen) atoms. The van der Waals surface area contributed by atoms with E-state index in [0.29, 0.717) is 6.61 Å². The summed E-state index contributed by atoms with van der Waals surface area (Å²) in [5.74, 6) is 2.64. The maximum atomic E-state index is 12.3. The number of aryl methyl sites for hydroxylation is 1. The number of nitrogens with one attached hydrogen (secondary N) is 1. The second kappa shape index (κ2) is 11.1. The van der Waals surface area contributed by atoms with Crippen LogP contribution < -0.4 is 10.1 Å². The molecule has 1 amide bonds. The number of hydrogen-bond donors (Lipinski definition) is 1. The lowest BCUT2D eigenvalue weighted by molar-refractivity contribution is -0.113. The molecule has 8 heteroatoms. The minimum absolute atomic E-state index is 0.0783. The summed E-state index contributed by atoms with van der Waals surface area (Å²) in [4.78, 5) is 13.5. The van der Waals surface area contributed by atoms with E-state index in [1.807, 2.05) is 31.2 Å². The van der Waals surface area contributed by atoms with Gasteiger partial charge in [-0.3, -0.25) is 4.79 Å². The molecule has 3 rings (SSSR count). The number of carbonyl (C=O) groups excluding carboxylic acids is 1. The molecule has 2 aromatic carbocycles. The van der Waals surface area contributed by atoms with Gasteiger partial charge in [0.2, 0.25) is 5.91 Å².